The number of benzene rings is 2. The Bertz CT molecular complexity index is 454. The number of nitrogens with two attached hydrogens (primary N) is 1. The highest BCUT2D eigenvalue weighted by atomic mass is 16.1. The van der Waals surface area contributed by atoms with Crippen molar-refractivity contribution in [2.75, 3.05) is 5.73 Å². The lowest BCUT2D eigenvalue weighted by Gasteiger charge is -1.98. The molecule has 2 nitrogen and oxygen atoms in total. The first-order valence-electron chi connectivity index (χ1n) is 4.81. The second-order valence-corrected chi connectivity index (χ2v) is 3.48. The summed E-state index contributed by atoms with van der Waals surface area (Å²) in [4.78, 5) is 9.44. The maximum atomic E-state index is 9.44. The molecule has 15 heavy (non-hydrogen) atoms. The Morgan fingerprint density at radius 2 is 1.53 bits per heavy atom. The van der Waals surface area contributed by atoms with E-state index in [1.165, 1.54) is 19.2 Å². The second-order valence-electron chi connectivity index (χ2n) is 3.48. The quantitative estimate of drug-likeness (QED) is 0.666. The molecular formula is C13H15NO. The lowest BCUT2D eigenvalue weighted by atomic mass is 10.1. The summed E-state index contributed by atoms with van der Waals surface area (Å²) in [5.41, 5.74) is 6.61. The standard InChI is InChI=1S/C10H9N.C3H6O/c11-10-7-3-5-8-4-1-2-6-9(8)10;1-3(2)4/h1-7H,11H2;1-2H3. The van der Waals surface area contributed by atoms with Crippen molar-refractivity contribution in [3.8, 4) is 0 Å². The lowest BCUT2D eigenvalue weighted by molar-refractivity contribution is -0.114. The number of fused-ring (bicyclic) bond motifs is 1. The third-order valence-electron chi connectivity index (χ3n) is 1.82. The first-order chi connectivity index (χ1) is 7.11. The van der Waals surface area contributed by atoms with E-state index in [2.05, 4.69) is 12.1 Å². The number of ketones is 1. The van der Waals surface area contributed by atoms with Crippen LogP contribution in [0.5, 0.6) is 0 Å². The number of hydrogen-bond donors (Lipinski definition) is 1. The fourth-order valence-corrected chi connectivity index (χ4v) is 1.25. The van der Waals surface area contributed by atoms with Crippen LogP contribution >= 0.6 is 0 Å². The maximum Gasteiger partial charge on any atom is 0.126 e. The largest absolute Gasteiger partial charge is 0.398 e. The van der Waals surface area contributed by atoms with Crippen LogP contribution in [0.25, 0.3) is 10.8 Å². The maximum absolute atomic E-state index is 9.44. The zero-order valence-corrected chi connectivity index (χ0v) is 9.03. The molecule has 0 saturated heterocycles. The van der Waals surface area contributed by atoms with Gasteiger partial charge in [0.15, 0.2) is 0 Å². The Kier molecular flexibility index (Phi) is 3.86. The van der Waals surface area contributed by atoms with E-state index >= 15 is 0 Å². The summed E-state index contributed by atoms with van der Waals surface area (Å²) in [5.74, 6) is 0.167. The molecule has 2 N–H and O–H groups in total. The highest BCUT2D eigenvalue weighted by Gasteiger charge is 1.92. The number of Topliss-reactive ketones (excluding diaryl/α,β-unsaturated/α-hetero) is 1. The highest BCUT2D eigenvalue weighted by Crippen LogP contribution is 2.19. The van der Waals surface area contributed by atoms with Crippen LogP contribution in [-0.4, -0.2) is 5.78 Å². The van der Waals surface area contributed by atoms with E-state index in [9.17, 15) is 4.79 Å². The van der Waals surface area contributed by atoms with Crippen molar-refractivity contribution in [1.29, 1.82) is 0 Å². The molecule has 0 fully saturated rings. The molecule has 0 aliphatic rings. The van der Waals surface area contributed by atoms with Crippen LogP contribution in [0.4, 0.5) is 5.69 Å². The van der Waals surface area contributed by atoms with E-state index in [-0.39, 0.29) is 5.78 Å². The van der Waals surface area contributed by atoms with E-state index in [0.29, 0.717) is 0 Å². The molecule has 0 spiro atoms. The molecular weight excluding hydrogens is 186 g/mol. The molecule has 0 aliphatic heterocycles. The number of carbonyl (C=O) groups excluding carboxylic acids is 1. The van der Waals surface area contributed by atoms with Crippen molar-refractivity contribution in [2.24, 2.45) is 0 Å². The third kappa shape index (κ3) is 3.43. The average Bonchev–Trinajstić information content (AvgIpc) is 2.18. The SMILES string of the molecule is CC(C)=O.Nc1cccc2ccccc12. The van der Waals surface area contributed by atoms with Gasteiger partial charge in [-0.15, -0.1) is 0 Å². The highest BCUT2D eigenvalue weighted by molar-refractivity contribution is 5.92. The summed E-state index contributed by atoms with van der Waals surface area (Å²) in [7, 11) is 0. The van der Waals surface area contributed by atoms with Crippen molar-refractivity contribution >= 4 is 22.2 Å². The second kappa shape index (κ2) is 5.15. The summed E-state index contributed by atoms with van der Waals surface area (Å²) in [6.07, 6.45) is 0. The number of hydrogen-bond acceptors (Lipinski definition) is 2. The van der Waals surface area contributed by atoms with E-state index in [0.717, 1.165) is 11.1 Å². The van der Waals surface area contributed by atoms with Crippen LogP contribution in [-0.2, 0) is 4.79 Å². The summed E-state index contributed by atoms with van der Waals surface area (Å²) < 4.78 is 0. The molecule has 0 bridgehead atoms. The number of carbonyl (C=O) groups is 1. The van der Waals surface area contributed by atoms with Gasteiger partial charge in [-0.2, -0.15) is 0 Å². The minimum Gasteiger partial charge on any atom is -0.398 e. The molecule has 2 aromatic rings. The molecule has 0 heterocycles. The Balaban J connectivity index is 0.000000245. The number of anilines is 1. The Morgan fingerprint density at radius 3 is 2.13 bits per heavy atom. The van der Waals surface area contributed by atoms with E-state index in [4.69, 9.17) is 5.73 Å². The van der Waals surface area contributed by atoms with Gasteiger partial charge in [-0.05, 0) is 25.3 Å². The van der Waals surface area contributed by atoms with Gasteiger partial charge in [0.2, 0.25) is 0 Å². The molecule has 0 saturated carbocycles. The van der Waals surface area contributed by atoms with Gasteiger partial charge in [0, 0.05) is 11.1 Å². The fraction of sp³-hybridized carbons (Fsp3) is 0.154. The van der Waals surface area contributed by atoms with Crippen molar-refractivity contribution in [2.45, 2.75) is 13.8 Å². The molecule has 0 amide bonds. The smallest absolute Gasteiger partial charge is 0.126 e. The van der Waals surface area contributed by atoms with Crippen LogP contribution < -0.4 is 5.73 Å². The van der Waals surface area contributed by atoms with Crippen LogP contribution in [0.3, 0.4) is 0 Å². The normalized spacial score (nSPS) is 9.20. The van der Waals surface area contributed by atoms with Crippen molar-refractivity contribution < 1.29 is 4.79 Å². The fourth-order valence-electron chi connectivity index (χ4n) is 1.25. The number of rotatable bonds is 0. The van der Waals surface area contributed by atoms with Gasteiger partial charge < -0.3 is 10.5 Å². The van der Waals surface area contributed by atoms with Crippen LogP contribution in [0, 0.1) is 0 Å². The van der Waals surface area contributed by atoms with Crippen LogP contribution in [0.2, 0.25) is 0 Å². The Hall–Kier alpha value is -1.83. The van der Waals surface area contributed by atoms with Gasteiger partial charge in [-0.25, -0.2) is 0 Å². The lowest BCUT2D eigenvalue weighted by Crippen LogP contribution is -1.84. The minimum atomic E-state index is 0.167. The van der Waals surface area contributed by atoms with Gasteiger partial charge >= 0.3 is 0 Å². The molecule has 0 atom stereocenters. The number of nitrogen functional groups attached to an aromatic ring is 1. The van der Waals surface area contributed by atoms with Crippen molar-refractivity contribution in [3.05, 3.63) is 42.5 Å². The van der Waals surface area contributed by atoms with Crippen molar-refractivity contribution in [1.82, 2.24) is 0 Å². The van der Waals surface area contributed by atoms with Gasteiger partial charge in [0.25, 0.3) is 0 Å². The monoisotopic (exact) mass is 201 g/mol. The summed E-state index contributed by atoms with van der Waals surface area (Å²) >= 11 is 0. The molecule has 2 rings (SSSR count). The van der Waals surface area contributed by atoms with Crippen molar-refractivity contribution in [3.63, 3.8) is 0 Å². The zero-order valence-electron chi connectivity index (χ0n) is 9.03. The molecule has 0 aromatic heterocycles. The predicted octanol–water partition coefficient (Wildman–Crippen LogP) is 3.02. The van der Waals surface area contributed by atoms with Gasteiger partial charge in [0.05, 0.1) is 0 Å². The molecule has 2 aromatic carbocycles. The third-order valence-corrected chi connectivity index (χ3v) is 1.82. The molecule has 78 valence electrons. The topological polar surface area (TPSA) is 43.1 Å². The van der Waals surface area contributed by atoms with Gasteiger partial charge in [-0.1, -0.05) is 36.4 Å². The first-order valence-corrected chi connectivity index (χ1v) is 4.81. The van der Waals surface area contributed by atoms with E-state index in [1.807, 2.05) is 30.3 Å². The molecule has 0 unspecified atom stereocenters. The van der Waals surface area contributed by atoms with Gasteiger partial charge in [-0.3, -0.25) is 0 Å². The van der Waals surface area contributed by atoms with Crippen LogP contribution in [0.15, 0.2) is 42.5 Å². The zero-order chi connectivity index (χ0) is 11.3. The first kappa shape index (κ1) is 11.2. The summed E-state index contributed by atoms with van der Waals surface area (Å²) in [6, 6.07) is 14.1. The Labute approximate surface area is 89.7 Å². The Morgan fingerprint density at radius 1 is 1.00 bits per heavy atom. The molecule has 0 radical (unpaired) electrons. The summed E-state index contributed by atoms with van der Waals surface area (Å²) in [5, 5.41) is 2.34. The van der Waals surface area contributed by atoms with Crippen LogP contribution in [0.1, 0.15) is 13.8 Å². The van der Waals surface area contributed by atoms with E-state index in [1.54, 1.807) is 0 Å². The van der Waals surface area contributed by atoms with Gasteiger partial charge in [0.1, 0.15) is 5.78 Å². The minimum absolute atomic E-state index is 0.167. The average molecular weight is 201 g/mol. The van der Waals surface area contributed by atoms with E-state index < -0.39 is 0 Å². The molecule has 2 heteroatoms. The molecule has 0 aliphatic carbocycles. The predicted molar refractivity (Wildman–Crippen MR) is 64.7 cm³/mol. The summed E-state index contributed by atoms with van der Waals surface area (Å²) in [6.45, 7) is 3.06.